The molecule has 0 aromatic carbocycles. The van der Waals surface area contributed by atoms with E-state index in [0.29, 0.717) is 12.8 Å². The van der Waals surface area contributed by atoms with Crippen molar-refractivity contribution < 1.29 is 9.21 Å². The van der Waals surface area contributed by atoms with Crippen LogP contribution in [0.3, 0.4) is 0 Å². The molecular weight excluding hydrogens is 192 g/mol. The molecule has 0 atom stereocenters. The predicted molar refractivity (Wildman–Crippen MR) is 56.5 cm³/mol. The minimum atomic E-state index is 0.230. The van der Waals surface area contributed by atoms with Gasteiger partial charge in [-0.1, -0.05) is 0 Å². The number of aryl methyl sites for hydroxylation is 1. The lowest BCUT2D eigenvalue weighted by Crippen LogP contribution is -2.46. The highest BCUT2D eigenvalue weighted by molar-refractivity contribution is 5.76. The van der Waals surface area contributed by atoms with Crippen LogP contribution in [0.2, 0.25) is 0 Å². The molecule has 1 fully saturated rings. The van der Waals surface area contributed by atoms with Crippen molar-refractivity contribution in [3.05, 3.63) is 24.2 Å². The molecule has 0 unspecified atom stereocenters. The Morgan fingerprint density at radius 2 is 2.27 bits per heavy atom. The van der Waals surface area contributed by atoms with Gasteiger partial charge in [-0.25, -0.2) is 0 Å². The summed E-state index contributed by atoms with van der Waals surface area (Å²) in [6.45, 7) is 3.48. The quantitative estimate of drug-likeness (QED) is 0.793. The van der Waals surface area contributed by atoms with Gasteiger partial charge in [0.1, 0.15) is 5.76 Å². The molecule has 0 bridgehead atoms. The minimum absolute atomic E-state index is 0.230. The summed E-state index contributed by atoms with van der Waals surface area (Å²) in [5.74, 6) is 1.12. The fourth-order valence-corrected chi connectivity index (χ4v) is 1.76. The number of amides is 1. The second-order valence-electron chi connectivity index (χ2n) is 3.71. The van der Waals surface area contributed by atoms with Crippen molar-refractivity contribution in [3.8, 4) is 0 Å². The van der Waals surface area contributed by atoms with Crippen molar-refractivity contribution in [1.82, 2.24) is 10.2 Å². The molecule has 1 saturated heterocycles. The average molecular weight is 208 g/mol. The van der Waals surface area contributed by atoms with E-state index in [-0.39, 0.29) is 5.91 Å². The van der Waals surface area contributed by atoms with Gasteiger partial charge < -0.3 is 14.6 Å². The van der Waals surface area contributed by atoms with E-state index in [1.807, 2.05) is 17.0 Å². The fraction of sp³-hybridized carbons (Fsp3) is 0.545. The fourth-order valence-electron chi connectivity index (χ4n) is 1.76. The summed E-state index contributed by atoms with van der Waals surface area (Å²) in [5.41, 5.74) is 0. The number of carbonyl (C=O) groups excluding carboxylic acids is 1. The first-order valence-corrected chi connectivity index (χ1v) is 5.37. The zero-order valence-electron chi connectivity index (χ0n) is 8.74. The van der Waals surface area contributed by atoms with Gasteiger partial charge in [0.15, 0.2) is 0 Å². The smallest absolute Gasteiger partial charge is 0.223 e. The zero-order chi connectivity index (χ0) is 10.5. The summed E-state index contributed by atoms with van der Waals surface area (Å²) >= 11 is 0. The molecule has 82 valence electrons. The van der Waals surface area contributed by atoms with Crippen molar-refractivity contribution >= 4 is 5.91 Å². The van der Waals surface area contributed by atoms with Gasteiger partial charge in [-0.2, -0.15) is 0 Å². The molecule has 1 aliphatic heterocycles. The van der Waals surface area contributed by atoms with Crippen molar-refractivity contribution in [1.29, 1.82) is 0 Å². The van der Waals surface area contributed by atoms with Crippen molar-refractivity contribution in [2.45, 2.75) is 12.8 Å². The highest BCUT2D eigenvalue weighted by Gasteiger charge is 2.15. The predicted octanol–water partition coefficient (Wildman–Crippen LogP) is 0.644. The van der Waals surface area contributed by atoms with Gasteiger partial charge in [0.25, 0.3) is 0 Å². The highest BCUT2D eigenvalue weighted by atomic mass is 16.3. The third-order valence-corrected chi connectivity index (χ3v) is 2.64. The third-order valence-electron chi connectivity index (χ3n) is 2.64. The Labute approximate surface area is 89.2 Å². The van der Waals surface area contributed by atoms with Crippen LogP contribution < -0.4 is 5.32 Å². The van der Waals surface area contributed by atoms with E-state index in [1.165, 1.54) is 0 Å². The summed E-state index contributed by atoms with van der Waals surface area (Å²) in [5, 5.41) is 3.23. The van der Waals surface area contributed by atoms with Crippen LogP contribution in [0, 0.1) is 0 Å². The van der Waals surface area contributed by atoms with Crippen LogP contribution in [0.5, 0.6) is 0 Å². The minimum Gasteiger partial charge on any atom is -0.469 e. The normalized spacial score (nSPS) is 16.7. The second kappa shape index (κ2) is 4.98. The third kappa shape index (κ3) is 2.83. The maximum absolute atomic E-state index is 11.7. The number of carbonyl (C=O) groups is 1. The zero-order valence-corrected chi connectivity index (χ0v) is 8.74. The van der Waals surface area contributed by atoms with E-state index in [0.717, 1.165) is 31.9 Å². The molecule has 15 heavy (non-hydrogen) atoms. The first-order valence-electron chi connectivity index (χ1n) is 5.37. The number of piperazine rings is 1. The van der Waals surface area contributed by atoms with E-state index in [2.05, 4.69) is 5.32 Å². The number of nitrogens with zero attached hydrogens (tertiary/aromatic N) is 1. The van der Waals surface area contributed by atoms with Crippen molar-refractivity contribution in [2.75, 3.05) is 26.2 Å². The van der Waals surface area contributed by atoms with Crippen LogP contribution in [0.25, 0.3) is 0 Å². The topological polar surface area (TPSA) is 45.5 Å². The molecular formula is C11H16N2O2. The van der Waals surface area contributed by atoms with Gasteiger partial charge in [-0.05, 0) is 12.1 Å². The summed E-state index contributed by atoms with van der Waals surface area (Å²) in [4.78, 5) is 13.7. The van der Waals surface area contributed by atoms with Crippen LogP contribution in [0.4, 0.5) is 0 Å². The number of furan rings is 1. The van der Waals surface area contributed by atoms with Gasteiger partial charge in [-0.15, -0.1) is 0 Å². The standard InChI is InChI=1S/C11H16N2O2/c14-11(13-7-5-12-6-8-13)4-3-10-2-1-9-15-10/h1-2,9,12H,3-8H2. The summed E-state index contributed by atoms with van der Waals surface area (Å²) in [6.07, 6.45) is 2.90. The summed E-state index contributed by atoms with van der Waals surface area (Å²) in [7, 11) is 0. The monoisotopic (exact) mass is 208 g/mol. The Balaban J connectivity index is 1.76. The molecule has 0 aliphatic carbocycles. The lowest BCUT2D eigenvalue weighted by molar-refractivity contribution is -0.131. The van der Waals surface area contributed by atoms with Gasteiger partial charge >= 0.3 is 0 Å². The van der Waals surface area contributed by atoms with Crippen LogP contribution in [-0.2, 0) is 11.2 Å². The Hall–Kier alpha value is -1.29. The first kappa shape index (κ1) is 10.2. The second-order valence-corrected chi connectivity index (χ2v) is 3.71. The van der Waals surface area contributed by atoms with Gasteiger partial charge in [-0.3, -0.25) is 4.79 Å². The lowest BCUT2D eigenvalue weighted by atomic mass is 10.2. The summed E-state index contributed by atoms with van der Waals surface area (Å²) in [6, 6.07) is 3.76. The Morgan fingerprint density at radius 1 is 1.47 bits per heavy atom. The van der Waals surface area contributed by atoms with Crippen LogP contribution in [-0.4, -0.2) is 37.0 Å². The SMILES string of the molecule is O=C(CCc1ccco1)N1CCNCC1. The van der Waals surface area contributed by atoms with E-state index < -0.39 is 0 Å². The molecule has 1 aromatic heterocycles. The number of hydrogen-bond acceptors (Lipinski definition) is 3. The van der Waals surface area contributed by atoms with Crippen molar-refractivity contribution in [3.63, 3.8) is 0 Å². The maximum Gasteiger partial charge on any atom is 0.223 e. The number of hydrogen-bond donors (Lipinski definition) is 1. The molecule has 0 radical (unpaired) electrons. The molecule has 0 spiro atoms. The molecule has 1 N–H and O–H groups in total. The molecule has 1 aliphatic rings. The van der Waals surface area contributed by atoms with Gasteiger partial charge in [0.2, 0.25) is 5.91 Å². The number of nitrogens with one attached hydrogen (secondary N) is 1. The first-order chi connectivity index (χ1) is 7.36. The van der Waals surface area contributed by atoms with Crippen LogP contribution in [0.1, 0.15) is 12.2 Å². The molecule has 1 amide bonds. The molecule has 4 heteroatoms. The number of rotatable bonds is 3. The van der Waals surface area contributed by atoms with Gasteiger partial charge in [0.05, 0.1) is 6.26 Å². The maximum atomic E-state index is 11.7. The lowest BCUT2D eigenvalue weighted by Gasteiger charge is -2.27. The molecule has 0 saturated carbocycles. The van der Waals surface area contributed by atoms with E-state index in [9.17, 15) is 4.79 Å². The van der Waals surface area contributed by atoms with Crippen molar-refractivity contribution in [2.24, 2.45) is 0 Å². The summed E-state index contributed by atoms with van der Waals surface area (Å²) < 4.78 is 5.19. The van der Waals surface area contributed by atoms with E-state index in [1.54, 1.807) is 6.26 Å². The molecule has 4 nitrogen and oxygen atoms in total. The van der Waals surface area contributed by atoms with E-state index >= 15 is 0 Å². The largest absolute Gasteiger partial charge is 0.469 e. The van der Waals surface area contributed by atoms with Crippen LogP contribution in [0.15, 0.2) is 22.8 Å². The molecule has 2 rings (SSSR count). The Kier molecular flexibility index (Phi) is 3.40. The Bertz CT molecular complexity index is 302. The van der Waals surface area contributed by atoms with E-state index in [4.69, 9.17) is 4.42 Å². The molecule has 2 heterocycles. The van der Waals surface area contributed by atoms with Crippen LogP contribution >= 0.6 is 0 Å². The van der Waals surface area contributed by atoms with Gasteiger partial charge in [0, 0.05) is 39.0 Å². The highest BCUT2D eigenvalue weighted by Crippen LogP contribution is 2.06. The molecule has 1 aromatic rings. The average Bonchev–Trinajstić information content (AvgIpc) is 2.80. The Morgan fingerprint density at radius 3 is 2.93 bits per heavy atom.